The van der Waals surface area contributed by atoms with Gasteiger partial charge in [0.1, 0.15) is 18.3 Å². The van der Waals surface area contributed by atoms with Crippen molar-refractivity contribution in [1.82, 2.24) is 0 Å². The minimum Gasteiger partial charge on any atom is -0.388 e. The van der Waals surface area contributed by atoms with Gasteiger partial charge in [-0.1, -0.05) is 0 Å². The van der Waals surface area contributed by atoms with Gasteiger partial charge in [0.05, 0.1) is 6.10 Å². The van der Waals surface area contributed by atoms with Gasteiger partial charge in [0.2, 0.25) is 0 Å². The second-order valence-electron chi connectivity index (χ2n) is 3.31. The SMILES string of the molecule is C[C@H]1O[C@](O)(C(N)=O)[C@H](O)[C@@H](O)[C@@H]1O. The van der Waals surface area contributed by atoms with Crippen LogP contribution in [-0.2, 0) is 9.53 Å². The summed E-state index contributed by atoms with van der Waals surface area (Å²) in [5.41, 5.74) is 4.80. The van der Waals surface area contributed by atoms with E-state index >= 15 is 0 Å². The number of amides is 1. The van der Waals surface area contributed by atoms with Crippen LogP contribution in [-0.4, -0.2) is 56.5 Å². The first-order valence-corrected chi connectivity index (χ1v) is 4.05. The van der Waals surface area contributed by atoms with E-state index in [4.69, 9.17) is 5.73 Å². The molecule has 0 aliphatic carbocycles. The van der Waals surface area contributed by atoms with Crippen LogP contribution in [0.1, 0.15) is 6.92 Å². The summed E-state index contributed by atoms with van der Waals surface area (Å²) in [5, 5.41) is 37.2. The van der Waals surface area contributed by atoms with E-state index in [-0.39, 0.29) is 0 Å². The van der Waals surface area contributed by atoms with Gasteiger partial charge in [-0.05, 0) is 6.92 Å². The van der Waals surface area contributed by atoms with Crippen LogP contribution in [0.2, 0.25) is 0 Å². The summed E-state index contributed by atoms with van der Waals surface area (Å²) < 4.78 is 4.65. The quantitative estimate of drug-likeness (QED) is 0.305. The summed E-state index contributed by atoms with van der Waals surface area (Å²) in [4.78, 5) is 10.8. The molecule has 7 nitrogen and oxygen atoms in total. The van der Waals surface area contributed by atoms with Crippen molar-refractivity contribution in [2.45, 2.75) is 37.1 Å². The molecule has 0 aromatic carbocycles. The van der Waals surface area contributed by atoms with Gasteiger partial charge in [0.15, 0.2) is 0 Å². The highest BCUT2D eigenvalue weighted by Gasteiger charge is 2.55. The highest BCUT2D eigenvalue weighted by atomic mass is 16.7. The summed E-state index contributed by atoms with van der Waals surface area (Å²) in [6.45, 7) is 1.33. The summed E-state index contributed by atoms with van der Waals surface area (Å²) in [6.07, 6.45) is -6.04. The molecular formula is C7H13NO6. The number of hydrogen-bond donors (Lipinski definition) is 5. The molecule has 1 fully saturated rings. The zero-order valence-corrected chi connectivity index (χ0v) is 7.49. The maximum Gasteiger partial charge on any atom is 0.280 e. The first-order chi connectivity index (χ1) is 6.30. The van der Waals surface area contributed by atoms with Crippen LogP contribution in [0.4, 0.5) is 0 Å². The lowest BCUT2D eigenvalue weighted by Crippen LogP contribution is -2.68. The predicted octanol–water partition coefficient (Wildman–Crippen LogP) is -3.34. The fourth-order valence-electron chi connectivity index (χ4n) is 1.32. The van der Waals surface area contributed by atoms with Crippen molar-refractivity contribution in [1.29, 1.82) is 0 Å². The van der Waals surface area contributed by atoms with Gasteiger partial charge in [-0.3, -0.25) is 4.79 Å². The Hall–Kier alpha value is -0.730. The fraction of sp³-hybridized carbons (Fsp3) is 0.857. The number of carbonyl (C=O) groups excluding carboxylic acids is 1. The number of aliphatic hydroxyl groups excluding tert-OH is 3. The second-order valence-corrected chi connectivity index (χ2v) is 3.31. The van der Waals surface area contributed by atoms with E-state index in [1.54, 1.807) is 0 Å². The minimum atomic E-state index is -2.65. The van der Waals surface area contributed by atoms with E-state index in [0.29, 0.717) is 0 Å². The molecule has 0 unspecified atom stereocenters. The maximum atomic E-state index is 10.8. The fourth-order valence-corrected chi connectivity index (χ4v) is 1.32. The molecule has 0 bridgehead atoms. The summed E-state index contributed by atoms with van der Waals surface area (Å²) >= 11 is 0. The molecule has 1 heterocycles. The minimum absolute atomic E-state index is 1.01. The molecule has 0 spiro atoms. The Kier molecular flexibility index (Phi) is 2.79. The van der Waals surface area contributed by atoms with E-state index in [1.165, 1.54) is 6.92 Å². The van der Waals surface area contributed by atoms with Crippen LogP contribution < -0.4 is 5.73 Å². The third kappa shape index (κ3) is 1.49. The second kappa shape index (κ2) is 3.44. The Bertz CT molecular complexity index is 246. The summed E-state index contributed by atoms with van der Waals surface area (Å²) in [6, 6.07) is 0. The van der Waals surface area contributed by atoms with E-state index in [9.17, 15) is 25.2 Å². The predicted molar refractivity (Wildman–Crippen MR) is 42.7 cm³/mol. The summed E-state index contributed by atoms with van der Waals surface area (Å²) in [7, 11) is 0. The van der Waals surface area contributed by atoms with Gasteiger partial charge < -0.3 is 30.9 Å². The average molecular weight is 207 g/mol. The van der Waals surface area contributed by atoms with E-state index < -0.39 is 36.1 Å². The zero-order chi connectivity index (χ0) is 11.1. The van der Waals surface area contributed by atoms with Crippen molar-refractivity contribution >= 4 is 5.91 Å². The molecule has 1 saturated heterocycles. The molecule has 82 valence electrons. The maximum absolute atomic E-state index is 10.8. The van der Waals surface area contributed by atoms with Gasteiger partial charge in [-0.2, -0.15) is 0 Å². The third-order valence-electron chi connectivity index (χ3n) is 2.27. The lowest BCUT2D eigenvalue weighted by molar-refractivity contribution is -0.323. The Labute approximate surface area is 79.7 Å². The number of aliphatic hydroxyl groups is 4. The zero-order valence-electron chi connectivity index (χ0n) is 7.49. The van der Waals surface area contributed by atoms with E-state index in [2.05, 4.69) is 4.74 Å². The van der Waals surface area contributed by atoms with Crippen molar-refractivity contribution in [3.05, 3.63) is 0 Å². The number of hydrogen-bond acceptors (Lipinski definition) is 6. The monoisotopic (exact) mass is 207 g/mol. The van der Waals surface area contributed by atoms with Gasteiger partial charge in [0, 0.05) is 0 Å². The van der Waals surface area contributed by atoms with Crippen molar-refractivity contribution in [2.75, 3.05) is 0 Å². The molecule has 1 amide bonds. The van der Waals surface area contributed by atoms with E-state index in [0.717, 1.165) is 0 Å². The topological polar surface area (TPSA) is 133 Å². The Morgan fingerprint density at radius 2 is 1.86 bits per heavy atom. The van der Waals surface area contributed by atoms with Crippen molar-refractivity contribution < 1.29 is 30.0 Å². The summed E-state index contributed by atoms with van der Waals surface area (Å²) in [5.74, 6) is -3.97. The van der Waals surface area contributed by atoms with Crippen LogP contribution in [0.25, 0.3) is 0 Å². The Morgan fingerprint density at radius 1 is 1.36 bits per heavy atom. The number of ether oxygens (including phenoxy) is 1. The highest BCUT2D eigenvalue weighted by Crippen LogP contribution is 2.27. The van der Waals surface area contributed by atoms with Crippen LogP contribution >= 0.6 is 0 Å². The first kappa shape index (κ1) is 11.3. The van der Waals surface area contributed by atoms with Gasteiger partial charge in [-0.15, -0.1) is 0 Å². The van der Waals surface area contributed by atoms with E-state index in [1.807, 2.05) is 0 Å². The molecule has 1 aliphatic heterocycles. The van der Waals surface area contributed by atoms with Gasteiger partial charge in [-0.25, -0.2) is 0 Å². The smallest absolute Gasteiger partial charge is 0.280 e. The number of carbonyl (C=O) groups is 1. The van der Waals surface area contributed by atoms with Crippen LogP contribution in [0, 0.1) is 0 Å². The number of nitrogens with two attached hydrogens (primary N) is 1. The Morgan fingerprint density at radius 3 is 2.29 bits per heavy atom. The molecule has 0 aromatic rings. The lowest BCUT2D eigenvalue weighted by Gasteiger charge is -2.42. The van der Waals surface area contributed by atoms with Crippen LogP contribution in [0.5, 0.6) is 0 Å². The van der Waals surface area contributed by atoms with Crippen LogP contribution in [0.3, 0.4) is 0 Å². The van der Waals surface area contributed by atoms with Crippen LogP contribution in [0.15, 0.2) is 0 Å². The van der Waals surface area contributed by atoms with Gasteiger partial charge in [0.25, 0.3) is 11.7 Å². The molecule has 1 rings (SSSR count). The molecule has 14 heavy (non-hydrogen) atoms. The standard InChI is InChI=1S/C7H13NO6/c1-2-3(9)4(10)5(11)7(13,14-2)6(8)12/h2-5,9-11,13H,1H3,(H2,8,12)/t2-,3-,4+,5-,7+/m1/s1. The molecule has 0 saturated carbocycles. The third-order valence-corrected chi connectivity index (χ3v) is 2.27. The largest absolute Gasteiger partial charge is 0.388 e. The van der Waals surface area contributed by atoms with Crippen molar-refractivity contribution in [3.63, 3.8) is 0 Å². The molecule has 5 atom stereocenters. The molecule has 0 aromatic heterocycles. The molecule has 0 radical (unpaired) electrons. The van der Waals surface area contributed by atoms with Crippen molar-refractivity contribution in [2.24, 2.45) is 5.73 Å². The van der Waals surface area contributed by atoms with Gasteiger partial charge >= 0.3 is 0 Å². The molecule has 7 heteroatoms. The average Bonchev–Trinajstić information content (AvgIpc) is 2.11. The first-order valence-electron chi connectivity index (χ1n) is 4.05. The Balaban J connectivity index is 2.96. The molecule has 1 aliphatic rings. The molecular weight excluding hydrogens is 194 g/mol. The molecule has 6 N–H and O–H groups in total. The highest BCUT2D eigenvalue weighted by molar-refractivity contribution is 5.82. The normalized spacial score (nSPS) is 48.9. The van der Waals surface area contributed by atoms with Crippen molar-refractivity contribution in [3.8, 4) is 0 Å². The number of primary amides is 1. The lowest BCUT2D eigenvalue weighted by atomic mass is 9.93. The number of rotatable bonds is 1.